The van der Waals surface area contributed by atoms with Gasteiger partial charge in [0.15, 0.2) is 0 Å². The Bertz CT molecular complexity index is 738. The number of carbonyl (C=O) groups excluding carboxylic acids is 1. The number of ether oxygens (including phenoxy) is 1. The zero-order valence-electron chi connectivity index (χ0n) is 14.0. The number of amides is 1. The van der Waals surface area contributed by atoms with E-state index in [1.165, 1.54) is 0 Å². The maximum atomic E-state index is 12.1. The molecule has 0 radical (unpaired) electrons. The lowest BCUT2D eigenvalue weighted by atomic mass is 10.1. The van der Waals surface area contributed by atoms with Crippen molar-refractivity contribution in [2.24, 2.45) is 0 Å². The summed E-state index contributed by atoms with van der Waals surface area (Å²) in [6, 6.07) is 15.5. The summed E-state index contributed by atoms with van der Waals surface area (Å²) in [4.78, 5) is 14.4. The lowest BCUT2D eigenvalue weighted by Crippen LogP contribution is -2.37. The Kier molecular flexibility index (Phi) is 6.09. The molecule has 1 saturated heterocycles. The molecule has 5 heteroatoms. The van der Waals surface area contributed by atoms with Gasteiger partial charge in [-0.15, -0.1) is 0 Å². The maximum Gasteiger partial charge on any atom is 0.244 e. The van der Waals surface area contributed by atoms with Crippen molar-refractivity contribution in [2.75, 3.05) is 31.2 Å². The molecule has 3 rings (SSSR count). The molecule has 130 valence electrons. The molecule has 1 aliphatic rings. The zero-order chi connectivity index (χ0) is 17.5. The molecule has 0 aliphatic carbocycles. The van der Waals surface area contributed by atoms with Gasteiger partial charge in [-0.25, -0.2) is 0 Å². The van der Waals surface area contributed by atoms with Crippen LogP contribution in [0.1, 0.15) is 11.1 Å². The molecular formula is C20H21ClN2O2. The summed E-state index contributed by atoms with van der Waals surface area (Å²) in [6.45, 7) is 3.73. The van der Waals surface area contributed by atoms with Crippen molar-refractivity contribution in [3.05, 3.63) is 70.8 Å². The summed E-state index contributed by atoms with van der Waals surface area (Å²) in [5.41, 5.74) is 3.21. The quantitative estimate of drug-likeness (QED) is 0.833. The van der Waals surface area contributed by atoms with E-state index in [0.29, 0.717) is 11.6 Å². The van der Waals surface area contributed by atoms with Crippen molar-refractivity contribution in [3.8, 4) is 0 Å². The second-order valence-corrected chi connectivity index (χ2v) is 6.27. The largest absolute Gasteiger partial charge is 0.378 e. The molecule has 25 heavy (non-hydrogen) atoms. The van der Waals surface area contributed by atoms with Gasteiger partial charge in [-0.1, -0.05) is 41.9 Å². The molecule has 1 amide bonds. The summed E-state index contributed by atoms with van der Waals surface area (Å²) in [5.74, 6) is -0.119. The monoisotopic (exact) mass is 356 g/mol. The van der Waals surface area contributed by atoms with Gasteiger partial charge < -0.3 is 15.0 Å². The number of para-hydroxylation sites is 1. The Morgan fingerprint density at radius 1 is 1.12 bits per heavy atom. The van der Waals surface area contributed by atoms with Crippen LogP contribution in [-0.4, -0.2) is 32.2 Å². The Balaban J connectivity index is 1.59. The van der Waals surface area contributed by atoms with Crippen molar-refractivity contribution in [2.45, 2.75) is 6.54 Å². The minimum atomic E-state index is -0.119. The van der Waals surface area contributed by atoms with Crippen LogP contribution in [0.4, 0.5) is 5.69 Å². The minimum Gasteiger partial charge on any atom is -0.378 e. The van der Waals surface area contributed by atoms with E-state index in [4.69, 9.17) is 16.3 Å². The Morgan fingerprint density at radius 3 is 2.60 bits per heavy atom. The summed E-state index contributed by atoms with van der Waals surface area (Å²) >= 11 is 5.86. The SMILES string of the molecule is O=C(/C=C/c1ccc(Cl)cc1)NCc1ccccc1N1CCOCC1. The van der Waals surface area contributed by atoms with Gasteiger partial charge in [0.1, 0.15) is 0 Å². The van der Waals surface area contributed by atoms with Crippen molar-refractivity contribution < 1.29 is 9.53 Å². The molecule has 0 spiro atoms. The first-order chi connectivity index (χ1) is 12.2. The lowest BCUT2D eigenvalue weighted by Gasteiger charge is -2.30. The molecule has 2 aromatic carbocycles. The number of morpholine rings is 1. The molecule has 0 bridgehead atoms. The van der Waals surface area contributed by atoms with Crippen LogP contribution in [0, 0.1) is 0 Å². The molecular weight excluding hydrogens is 336 g/mol. The third-order valence-electron chi connectivity index (χ3n) is 4.09. The molecule has 1 fully saturated rings. The fourth-order valence-electron chi connectivity index (χ4n) is 2.76. The average molecular weight is 357 g/mol. The number of carbonyl (C=O) groups is 1. The Hall–Kier alpha value is -2.30. The van der Waals surface area contributed by atoms with Crippen LogP contribution in [0.25, 0.3) is 6.08 Å². The van der Waals surface area contributed by atoms with Gasteiger partial charge in [-0.05, 0) is 35.4 Å². The maximum absolute atomic E-state index is 12.1. The summed E-state index contributed by atoms with van der Waals surface area (Å²) in [7, 11) is 0. The molecule has 0 atom stereocenters. The average Bonchev–Trinajstić information content (AvgIpc) is 2.67. The zero-order valence-corrected chi connectivity index (χ0v) is 14.7. The Morgan fingerprint density at radius 2 is 1.84 bits per heavy atom. The van der Waals surface area contributed by atoms with Crippen LogP contribution in [0.15, 0.2) is 54.6 Å². The predicted octanol–water partition coefficient (Wildman–Crippen LogP) is 3.51. The normalized spacial score (nSPS) is 14.7. The van der Waals surface area contributed by atoms with Crippen molar-refractivity contribution >= 4 is 29.3 Å². The van der Waals surface area contributed by atoms with E-state index < -0.39 is 0 Å². The second kappa shape index (κ2) is 8.70. The highest BCUT2D eigenvalue weighted by Gasteiger charge is 2.14. The molecule has 1 heterocycles. The van der Waals surface area contributed by atoms with E-state index >= 15 is 0 Å². The van der Waals surface area contributed by atoms with E-state index in [1.54, 1.807) is 24.3 Å². The highest BCUT2D eigenvalue weighted by atomic mass is 35.5. The van der Waals surface area contributed by atoms with E-state index in [1.807, 2.05) is 30.3 Å². The van der Waals surface area contributed by atoms with Crippen LogP contribution in [-0.2, 0) is 16.1 Å². The first-order valence-electron chi connectivity index (χ1n) is 8.34. The third-order valence-corrected chi connectivity index (χ3v) is 4.35. The first-order valence-corrected chi connectivity index (χ1v) is 8.72. The number of nitrogens with zero attached hydrogens (tertiary/aromatic N) is 1. The van der Waals surface area contributed by atoms with Crippen LogP contribution in [0.3, 0.4) is 0 Å². The van der Waals surface area contributed by atoms with Gasteiger partial charge >= 0.3 is 0 Å². The number of benzene rings is 2. The molecule has 0 saturated carbocycles. The fraction of sp³-hybridized carbons (Fsp3) is 0.250. The molecule has 1 aliphatic heterocycles. The molecule has 2 aromatic rings. The lowest BCUT2D eigenvalue weighted by molar-refractivity contribution is -0.116. The van der Waals surface area contributed by atoms with Gasteiger partial charge in [-0.3, -0.25) is 4.79 Å². The van der Waals surface area contributed by atoms with Crippen LogP contribution < -0.4 is 10.2 Å². The fourth-order valence-corrected chi connectivity index (χ4v) is 2.89. The van der Waals surface area contributed by atoms with E-state index in [-0.39, 0.29) is 5.91 Å². The number of anilines is 1. The summed E-state index contributed by atoms with van der Waals surface area (Å²) < 4.78 is 5.41. The van der Waals surface area contributed by atoms with E-state index in [9.17, 15) is 4.79 Å². The van der Waals surface area contributed by atoms with Crippen molar-refractivity contribution in [1.29, 1.82) is 0 Å². The first kappa shape index (κ1) is 17.5. The highest BCUT2D eigenvalue weighted by Crippen LogP contribution is 2.21. The van der Waals surface area contributed by atoms with Gasteiger partial charge in [0.25, 0.3) is 0 Å². The summed E-state index contributed by atoms with van der Waals surface area (Å²) in [5, 5.41) is 3.63. The minimum absolute atomic E-state index is 0.119. The van der Waals surface area contributed by atoms with E-state index in [2.05, 4.69) is 16.3 Å². The van der Waals surface area contributed by atoms with Gasteiger partial charge in [0, 0.05) is 36.4 Å². The number of rotatable bonds is 5. The molecule has 1 N–H and O–H groups in total. The van der Waals surface area contributed by atoms with Crippen molar-refractivity contribution in [3.63, 3.8) is 0 Å². The van der Waals surface area contributed by atoms with Crippen molar-refractivity contribution in [1.82, 2.24) is 5.32 Å². The van der Waals surface area contributed by atoms with Crippen LogP contribution in [0.5, 0.6) is 0 Å². The highest BCUT2D eigenvalue weighted by molar-refractivity contribution is 6.30. The van der Waals surface area contributed by atoms with Crippen LogP contribution in [0.2, 0.25) is 5.02 Å². The number of halogens is 1. The van der Waals surface area contributed by atoms with Gasteiger partial charge in [-0.2, -0.15) is 0 Å². The number of hydrogen-bond donors (Lipinski definition) is 1. The number of nitrogens with one attached hydrogen (secondary N) is 1. The topological polar surface area (TPSA) is 41.6 Å². The number of hydrogen-bond acceptors (Lipinski definition) is 3. The third kappa shape index (κ3) is 5.08. The molecule has 0 aromatic heterocycles. The summed E-state index contributed by atoms with van der Waals surface area (Å²) in [6.07, 6.45) is 3.32. The second-order valence-electron chi connectivity index (χ2n) is 5.83. The van der Waals surface area contributed by atoms with Gasteiger partial charge in [0.05, 0.1) is 13.2 Å². The van der Waals surface area contributed by atoms with Crippen LogP contribution >= 0.6 is 11.6 Å². The standard InChI is InChI=1S/C20H21ClN2O2/c21-18-8-5-16(6-9-18)7-10-20(24)22-15-17-3-1-2-4-19(17)23-11-13-25-14-12-23/h1-10H,11-15H2,(H,22,24)/b10-7+. The smallest absolute Gasteiger partial charge is 0.244 e. The van der Waals surface area contributed by atoms with Gasteiger partial charge in [0.2, 0.25) is 5.91 Å². The molecule has 4 nitrogen and oxygen atoms in total. The van der Waals surface area contributed by atoms with E-state index in [0.717, 1.165) is 43.1 Å². The predicted molar refractivity (Wildman–Crippen MR) is 102 cm³/mol. The molecule has 0 unspecified atom stereocenters. The Labute approximate surface area is 153 Å².